The molecule has 2 aromatic carbocycles. The summed E-state index contributed by atoms with van der Waals surface area (Å²) in [5.74, 6) is 1.09. The van der Waals surface area contributed by atoms with Crippen LogP contribution < -0.4 is 20.1 Å². The lowest BCUT2D eigenvalue weighted by atomic mass is 9.91. The molecule has 31 heavy (non-hydrogen) atoms. The largest absolute Gasteiger partial charge is 0.497 e. The van der Waals surface area contributed by atoms with Crippen LogP contribution in [-0.4, -0.2) is 47.1 Å². The van der Waals surface area contributed by atoms with Crippen LogP contribution in [0.3, 0.4) is 0 Å². The third-order valence-corrected chi connectivity index (χ3v) is 5.49. The first-order valence-corrected chi connectivity index (χ1v) is 10.2. The average molecular weight is 423 g/mol. The highest BCUT2D eigenvalue weighted by Gasteiger charge is 2.33. The number of carbonyl (C=O) groups excluding carboxylic acids is 2. The van der Waals surface area contributed by atoms with Crippen molar-refractivity contribution >= 4 is 22.8 Å². The quantitative estimate of drug-likeness (QED) is 0.602. The van der Waals surface area contributed by atoms with E-state index in [9.17, 15) is 9.59 Å². The number of hydrogen-bond donors (Lipinski definition) is 2. The second kappa shape index (κ2) is 9.03. The van der Waals surface area contributed by atoms with E-state index in [-0.39, 0.29) is 24.3 Å². The van der Waals surface area contributed by atoms with Crippen LogP contribution in [0, 0.1) is 0 Å². The van der Waals surface area contributed by atoms with Gasteiger partial charge in [-0.3, -0.25) is 9.59 Å². The Labute approximate surface area is 179 Å². The first-order chi connectivity index (χ1) is 15.1. The molecule has 1 aliphatic rings. The fourth-order valence-corrected chi connectivity index (χ4v) is 3.89. The zero-order valence-corrected chi connectivity index (χ0v) is 17.5. The summed E-state index contributed by atoms with van der Waals surface area (Å²) >= 11 is 0. The number of hydrogen-bond acceptors (Lipinski definition) is 6. The van der Waals surface area contributed by atoms with Gasteiger partial charge in [-0.1, -0.05) is 17.3 Å². The maximum atomic E-state index is 12.7. The molecule has 0 spiro atoms. The molecule has 0 aliphatic carbocycles. The molecule has 1 aromatic heterocycles. The van der Waals surface area contributed by atoms with Crippen LogP contribution in [0.2, 0.25) is 0 Å². The number of aromatic nitrogens is 3. The monoisotopic (exact) mass is 423 g/mol. The van der Waals surface area contributed by atoms with Crippen molar-refractivity contribution in [2.24, 2.45) is 0 Å². The van der Waals surface area contributed by atoms with Crippen LogP contribution in [0.4, 0.5) is 0 Å². The number of aryl methyl sites for hydroxylation is 1. The minimum atomic E-state index is -0.391. The Morgan fingerprint density at radius 3 is 2.87 bits per heavy atom. The number of carbonyl (C=O) groups is 2. The van der Waals surface area contributed by atoms with E-state index in [1.54, 1.807) is 25.0 Å². The van der Waals surface area contributed by atoms with Crippen LogP contribution >= 0.6 is 0 Å². The van der Waals surface area contributed by atoms with Gasteiger partial charge in [0.15, 0.2) is 0 Å². The van der Waals surface area contributed by atoms with E-state index < -0.39 is 6.04 Å². The number of para-hydroxylation sites is 1. The first kappa shape index (κ1) is 20.6. The predicted octanol–water partition coefficient (Wildman–Crippen LogP) is 1.97. The van der Waals surface area contributed by atoms with E-state index in [1.807, 2.05) is 36.4 Å². The summed E-state index contributed by atoms with van der Waals surface area (Å²) in [5.41, 5.74) is 2.48. The molecule has 2 amide bonds. The molecular formula is C22H25N5O4. The maximum absolute atomic E-state index is 12.7. The molecule has 2 N–H and O–H groups in total. The molecule has 2 atom stereocenters. The van der Waals surface area contributed by atoms with E-state index in [0.717, 1.165) is 16.6 Å². The molecule has 0 radical (unpaired) electrons. The number of rotatable bonds is 7. The van der Waals surface area contributed by atoms with Crippen LogP contribution in [0.1, 0.15) is 30.9 Å². The van der Waals surface area contributed by atoms with Crippen molar-refractivity contribution in [1.29, 1.82) is 0 Å². The van der Waals surface area contributed by atoms with Crippen molar-refractivity contribution in [3.8, 4) is 11.5 Å². The zero-order valence-electron chi connectivity index (χ0n) is 17.5. The Bertz CT molecular complexity index is 1100. The highest BCUT2D eigenvalue weighted by atomic mass is 16.5. The van der Waals surface area contributed by atoms with E-state index in [1.165, 1.54) is 0 Å². The Morgan fingerprint density at radius 2 is 2.06 bits per heavy atom. The number of methoxy groups -OCH3 is 2. The van der Waals surface area contributed by atoms with Crippen molar-refractivity contribution in [1.82, 2.24) is 25.6 Å². The van der Waals surface area contributed by atoms with Gasteiger partial charge in [0.2, 0.25) is 11.8 Å². The second-order valence-electron chi connectivity index (χ2n) is 7.42. The lowest BCUT2D eigenvalue weighted by molar-refractivity contribution is -0.127. The fraction of sp³-hybridized carbons (Fsp3) is 0.364. The topological polar surface area (TPSA) is 107 Å². The number of piperidine rings is 1. The predicted molar refractivity (Wildman–Crippen MR) is 114 cm³/mol. The van der Waals surface area contributed by atoms with Gasteiger partial charge < -0.3 is 20.1 Å². The third-order valence-electron chi connectivity index (χ3n) is 5.49. The van der Waals surface area contributed by atoms with Gasteiger partial charge in [-0.2, -0.15) is 0 Å². The maximum Gasteiger partial charge on any atom is 0.222 e. The van der Waals surface area contributed by atoms with Gasteiger partial charge in [-0.05, 0) is 30.7 Å². The molecule has 2 unspecified atom stereocenters. The van der Waals surface area contributed by atoms with E-state index >= 15 is 0 Å². The molecule has 1 fully saturated rings. The Morgan fingerprint density at radius 1 is 1.23 bits per heavy atom. The van der Waals surface area contributed by atoms with E-state index in [4.69, 9.17) is 9.47 Å². The number of amides is 2. The molecule has 0 saturated carbocycles. The van der Waals surface area contributed by atoms with Crippen molar-refractivity contribution in [2.75, 3.05) is 14.2 Å². The lowest BCUT2D eigenvalue weighted by Crippen LogP contribution is -2.50. The van der Waals surface area contributed by atoms with Gasteiger partial charge >= 0.3 is 0 Å². The number of nitrogens with one attached hydrogen (secondary N) is 2. The highest BCUT2D eigenvalue weighted by Crippen LogP contribution is 2.34. The summed E-state index contributed by atoms with van der Waals surface area (Å²) < 4.78 is 12.5. The fourth-order valence-electron chi connectivity index (χ4n) is 3.89. The summed E-state index contributed by atoms with van der Waals surface area (Å²) in [7, 11) is 3.15. The zero-order chi connectivity index (χ0) is 21.8. The minimum Gasteiger partial charge on any atom is -0.497 e. The molecule has 0 bridgehead atoms. The second-order valence-corrected chi connectivity index (χ2v) is 7.42. The molecule has 2 heterocycles. The summed E-state index contributed by atoms with van der Waals surface area (Å²) in [4.78, 5) is 24.8. The third kappa shape index (κ3) is 4.45. The van der Waals surface area contributed by atoms with Crippen molar-refractivity contribution in [3.05, 3.63) is 48.0 Å². The normalized spacial score (nSPS) is 18.5. The molecule has 4 rings (SSSR count). The molecule has 3 aromatic rings. The van der Waals surface area contributed by atoms with E-state index in [2.05, 4.69) is 20.9 Å². The van der Waals surface area contributed by atoms with Gasteiger partial charge in [-0.25, -0.2) is 4.68 Å². The van der Waals surface area contributed by atoms with Gasteiger partial charge in [0.25, 0.3) is 0 Å². The number of ether oxygens (including phenoxy) is 2. The Kier molecular flexibility index (Phi) is 6.01. The molecule has 162 valence electrons. The van der Waals surface area contributed by atoms with Crippen LogP contribution in [-0.2, 0) is 16.1 Å². The molecule has 1 saturated heterocycles. The average Bonchev–Trinajstić information content (AvgIpc) is 3.21. The Balaban J connectivity index is 1.47. The highest BCUT2D eigenvalue weighted by molar-refractivity contribution is 5.80. The first-order valence-electron chi connectivity index (χ1n) is 10.2. The molecular weight excluding hydrogens is 398 g/mol. The molecule has 9 heteroatoms. The van der Waals surface area contributed by atoms with Gasteiger partial charge in [0, 0.05) is 24.5 Å². The van der Waals surface area contributed by atoms with Crippen molar-refractivity contribution in [3.63, 3.8) is 0 Å². The van der Waals surface area contributed by atoms with Crippen LogP contribution in [0.5, 0.6) is 11.5 Å². The SMILES string of the molecule is COc1ccc(C2NC(=O)CCC2NC(=O)CCn2nnc3ccccc32)c(OC)c1. The van der Waals surface area contributed by atoms with Gasteiger partial charge in [0.1, 0.15) is 17.0 Å². The number of fused-ring (bicyclic) bond motifs is 1. The van der Waals surface area contributed by atoms with Crippen molar-refractivity contribution < 1.29 is 19.1 Å². The van der Waals surface area contributed by atoms with Gasteiger partial charge in [0.05, 0.1) is 38.4 Å². The van der Waals surface area contributed by atoms with E-state index in [0.29, 0.717) is 30.9 Å². The number of nitrogens with zero attached hydrogens (tertiary/aromatic N) is 3. The van der Waals surface area contributed by atoms with Crippen LogP contribution in [0.25, 0.3) is 11.0 Å². The van der Waals surface area contributed by atoms with Crippen LogP contribution in [0.15, 0.2) is 42.5 Å². The summed E-state index contributed by atoms with van der Waals surface area (Å²) in [6.07, 6.45) is 1.15. The smallest absolute Gasteiger partial charge is 0.222 e. The lowest BCUT2D eigenvalue weighted by Gasteiger charge is -2.34. The standard InChI is InChI=1S/C22H25N5O4/c1-30-14-7-8-15(19(13-14)31-2)22-17(9-10-20(28)24-22)23-21(29)11-12-27-18-6-4-3-5-16(18)25-26-27/h3-8,13,17,22H,9-12H2,1-2H3,(H,23,29)(H,24,28). The molecule has 1 aliphatic heterocycles. The molecule has 9 nitrogen and oxygen atoms in total. The van der Waals surface area contributed by atoms with Gasteiger partial charge in [-0.15, -0.1) is 5.10 Å². The summed E-state index contributed by atoms with van der Waals surface area (Å²) in [5, 5.41) is 14.3. The summed E-state index contributed by atoms with van der Waals surface area (Å²) in [6.45, 7) is 0.419. The Hall–Kier alpha value is -3.62. The van der Waals surface area contributed by atoms with Crippen molar-refractivity contribution in [2.45, 2.75) is 37.9 Å². The summed E-state index contributed by atoms with van der Waals surface area (Å²) in [6, 6.07) is 12.4. The minimum absolute atomic E-state index is 0.0533. The number of benzene rings is 2.